The molecule has 2 saturated heterocycles. The average Bonchev–Trinajstić information content (AvgIpc) is 2.69. The first-order valence-electron chi connectivity index (χ1n) is 10.9. The monoisotopic (exact) mass is 469 g/mol. The Bertz CT molecular complexity index is 918. The average molecular weight is 470 g/mol. The third-order valence-electron chi connectivity index (χ3n) is 6.46. The van der Waals surface area contributed by atoms with E-state index in [1.54, 1.807) is 31.7 Å². The molecule has 0 unspecified atom stereocenters. The van der Waals surface area contributed by atoms with E-state index in [0.29, 0.717) is 63.5 Å². The molecule has 3 aliphatic rings. The zero-order valence-electron chi connectivity index (χ0n) is 18.6. The SMILES string of the molecule is CC(C)(C)OC(=O)N1CCC([C@H](C(=O)O)c2cc3c(c(F)c2Cl)CC2(COC2)CO3)CC1. The molecule has 3 heterocycles. The van der Waals surface area contributed by atoms with Gasteiger partial charge >= 0.3 is 12.1 Å². The lowest BCUT2D eigenvalue weighted by molar-refractivity contribution is -0.140. The maximum atomic E-state index is 15.2. The van der Waals surface area contributed by atoms with E-state index in [2.05, 4.69) is 0 Å². The lowest BCUT2D eigenvalue weighted by atomic mass is 9.76. The molecule has 1 atom stereocenters. The van der Waals surface area contributed by atoms with Crippen molar-refractivity contribution in [2.45, 2.75) is 51.6 Å². The van der Waals surface area contributed by atoms with Crippen LogP contribution in [0.3, 0.4) is 0 Å². The Morgan fingerprint density at radius 1 is 1.28 bits per heavy atom. The van der Waals surface area contributed by atoms with Crippen LogP contribution in [0.1, 0.15) is 50.7 Å². The summed E-state index contributed by atoms with van der Waals surface area (Å²) in [4.78, 5) is 26.2. The molecule has 0 radical (unpaired) electrons. The van der Waals surface area contributed by atoms with E-state index in [1.165, 1.54) is 0 Å². The molecular weight excluding hydrogens is 441 g/mol. The van der Waals surface area contributed by atoms with E-state index in [-0.39, 0.29) is 21.9 Å². The summed E-state index contributed by atoms with van der Waals surface area (Å²) in [7, 11) is 0. The Balaban J connectivity index is 1.53. The number of benzene rings is 1. The summed E-state index contributed by atoms with van der Waals surface area (Å²) >= 11 is 6.38. The van der Waals surface area contributed by atoms with Gasteiger partial charge in [0.25, 0.3) is 0 Å². The van der Waals surface area contributed by atoms with Crippen molar-refractivity contribution in [1.29, 1.82) is 0 Å². The number of amides is 1. The van der Waals surface area contributed by atoms with Crippen LogP contribution in [0.25, 0.3) is 0 Å². The van der Waals surface area contributed by atoms with Crippen LogP contribution in [0.15, 0.2) is 6.07 Å². The number of carbonyl (C=O) groups is 2. The van der Waals surface area contributed by atoms with Gasteiger partial charge in [-0.25, -0.2) is 9.18 Å². The zero-order chi connectivity index (χ0) is 23.3. The number of carbonyl (C=O) groups excluding carboxylic acids is 1. The van der Waals surface area contributed by atoms with Gasteiger partial charge < -0.3 is 24.2 Å². The van der Waals surface area contributed by atoms with Crippen LogP contribution in [0, 0.1) is 17.2 Å². The molecule has 176 valence electrons. The number of hydrogen-bond acceptors (Lipinski definition) is 5. The van der Waals surface area contributed by atoms with Gasteiger partial charge in [0, 0.05) is 18.7 Å². The largest absolute Gasteiger partial charge is 0.492 e. The Labute approximate surface area is 191 Å². The minimum Gasteiger partial charge on any atom is -0.492 e. The van der Waals surface area contributed by atoms with Crippen LogP contribution in [0.2, 0.25) is 5.02 Å². The molecule has 0 aromatic heterocycles. The van der Waals surface area contributed by atoms with Gasteiger partial charge in [0.1, 0.15) is 17.2 Å². The van der Waals surface area contributed by atoms with Gasteiger partial charge in [-0.1, -0.05) is 11.6 Å². The topological polar surface area (TPSA) is 85.3 Å². The number of nitrogens with zero attached hydrogens (tertiary/aromatic N) is 1. The fraction of sp³-hybridized carbons (Fsp3) is 0.652. The van der Waals surface area contributed by atoms with Gasteiger partial charge in [-0.15, -0.1) is 0 Å². The minimum atomic E-state index is -1.07. The number of carboxylic acid groups (broad SMARTS) is 1. The molecule has 0 saturated carbocycles. The number of likely N-dealkylation sites (tertiary alicyclic amines) is 1. The summed E-state index contributed by atoms with van der Waals surface area (Å²) in [6, 6.07) is 1.59. The zero-order valence-corrected chi connectivity index (χ0v) is 19.3. The molecule has 1 amide bonds. The van der Waals surface area contributed by atoms with Crippen LogP contribution in [-0.4, -0.2) is 60.6 Å². The van der Waals surface area contributed by atoms with Gasteiger partial charge in [-0.2, -0.15) is 0 Å². The standard InChI is InChI=1S/C23H29ClFNO6/c1-22(2,3)32-21(29)26-6-4-13(5-7-26)17(20(27)28)14-8-16-15(19(25)18(14)24)9-23(12-31-16)10-30-11-23/h8,13,17H,4-7,9-12H2,1-3H3,(H,27,28)/t17-/m0/s1. The predicted molar refractivity (Wildman–Crippen MR) is 115 cm³/mol. The molecule has 1 N–H and O–H groups in total. The number of aliphatic carboxylic acids is 1. The highest BCUT2D eigenvalue weighted by molar-refractivity contribution is 6.32. The predicted octanol–water partition coefficient (Wildman–Crippen LogP) is 4.25. The van der Waals surface area contributed by atoms with Gasteiger partial charge in [0.05, 0.1) is 36.2 Å². The van der Waals surface area contributed by atoms with Gasteiger partial charge in [0.2, 0.25) is 0 Å². The highest BCUT2D eigenvalue weighted by Crippen LogP contribution is 2.46. The highest BCUT2D eigenvalue weighted by Gasteiger charge is 2.45. The smallest absolute Gasteiger partial charge is 0.410 e. The maximum absolute atomic E-state index is 15.2. The lowest BCUT2D eigenvalue weighted by Gasteiger charge is -2.44. The number of piperidine rings is 1. The number of halogens is 2. The molecule has 1 aromatic carbocycles. The number of carboxylic acids is 1. The highest BCUT2D eigenvalue weighted by atomic mass is 35.5. The molecule has 4 rings (SSSR count). The van der Waals surface area contributed by atoms with Gasteiger partial charge in [-0.05, 0) is 57.6 Å². The van der Waals surface area contributed by atoms with Crippen molar-refractivity contribution in [2.75, 3.05) is 32.9 Å². The van der Waals surface area contributed by atoms with E-state index in [0.717, 1.165) is 0 Å². The molecule has 9 heteroatoms. The maximum Gasteiger partial charge on any atom is 0.410 e. The van der Waals surface area contributed by atoms with Crippen LogP contribution in [-0.2, 0) is 20.7 Å². The van der Waals surface area contributed by atoms with Crippen LogP contribution in [0.5, 0.6) is 5.75 Å². The first-order valence-corrected chi connectivity index (χ1v) is 11.3. The second-order valence-corrected chi connectivity index (χ2v) is 10.5. The van der Waals surface area contributed by atoms with Crippen molar-refractivity contribution >= 4 is 23.7 Å². The molecule has 1 aromatic rings. The number of rotatable bonds is 3. The summed E-state index contributed by atoms with van der Waals surface area (Å²) in [6.07, 6.45) is 0.946. The number of ether oxygens (including phenoxy) is 3. The summed E-state index contributed by atoms with van der Waals surface area (Å²) in [5, 5.41) is 9.85. The normalized spacial score (nSPS) is 21.3. The van der Waals surface area contributed by atoms with Gasteiger partial charge in [0.15, 0.2) is 0 Å². The van der Waals surface area contributed by atoms with E-state index in [4.69, 9.17) is 25.8 Å². The fourth-order valence-corrected chi connectivity index (χ4v) is 5.03. The molecular formula is C23H29ClFNO6. The number of hydrogen-bond donors (Lipinski definition) is 1. The van der Waals surface area contributed by atoms with E-state index >= 15 is 4.39 Å². The second-order valence-electron chi connectivity index (χ2n) is 10.1. The van der Waals surface area contributed by atoms with Crippen LogP contribution < -0.4 is 4.74 Å². The Morgan fingerprint density at radius 2 is 1.94 bits per heavy atom. The van der Waals surface area contributed by atoms with Crippen LogP contribution >= 0.6 is 11.6 Å². The van der Waals surface area contributed by atoms with E-state index in [9.17, 15) is 14.7 Å². The molecule has 32 heavy (non-hydrogen) atoms. The van der Waals surface area contributed by atoms with Gasteiger partial charge in [-0.3, -0.25) is 4.79 Å². The Morgan fingerprint density at radius 3 is 2.47 bits per heavy atom. The van der Waals surface area contributed by atoms with Crippen molar-refractivity contribution in [2.24, 2.45) is 11.3 Å². The van der Waals surface area contributed by atoms with Crippen molar-refractivity contribution in [3.8, 4) is 5.75 Å². The molecule has 0 aliphatic carbocycles. The quantitative estimate of drug-likeness (QED) is 0.712. The lowest BCUT2D eigenvalue weighted by Crippen LogP contribution is -2.50. The van der Waals surface area contributed by atoms with E-state index in [1.807, 2.05) is 0 Å². The molecule has 2 fully saturated rings. The minimum absolute atomic E-state index is 0.161. The Kier molecular flexibility index (Phi) is 6.05. The van der Waals surface area contributed by atoms with Crippen LogP contribution in [0.4, 0.5) is 9.18 Å². The Hall–Kier alpha value is -2.06. The third-order valence-corrected chi connectivity index (χ3v) is 6.85. The summed E-state index contributed by atoms with van der Waals surface area (Å²) in [5.41, 5.74) is -0.209. The second kappa shape index (κ2) is 8.37. The van der Waals surface area contributed by atoms with Crippen molar-refractivity contribution in [3.05, 3.63) is 28.0 Å². The molecule has 1 spiro atoms. The first-order chi connectivity index (χ1) is 15.0. The summed E-state index contributed by atoms with van der Waals surface area (Å²) in [5.74, 6) is -2.60. The first kappa shape index (κ1) is 23.1. The number of fused-ring (bicyclic) bond motifs is 1. The third kappa shape index (κ3) is 4.39. The molecule has 7 nitrogen and oxygen atoms in total. The van der Waals surface area contributed by atoms with E-state index < -0.39 is 29.4 Å². The summed E-state index contributed by atoms with van der Waals surface area (Å²) in [6.45, 7) is 7.57. The molecule has 3 aliphatic heterocycles. The molecule has 0 bridgehead atoms. The summed E-state index contributed by atoms with van der Waals surface area (Å²) < 4.78 is 31.8. The van der Waals surface area contributed by atoms with Crippen molar-refractivity contribution in [3.63, 3.8) is 0 Å². The van der Waals surface area contributed by atoms with Crippen molar-refractivity contribution in [1.82, 2.24) is 4.90 Å². The fourth-order valence-electron chi connectivity index (χ4n) is 4.74. The van der Waals surface area contributed by atoms with Crippen molar-refractivity contribution < 1.29 is 33.3 Å².